The van der Waals surface area contributed by atoms with E-state index < -0.39 is 28.3 Å². The molecule has 22 heavy (non-hydrogen) atoms. The minimum atomic E-state index is -3.71. The van der Waals surface area contributed by atoms with Crippen molar-refractivity contribution in [2.24, 2.45) is 0 Å². The molecule has 0 radical (unpaired) electrons. The second kappa shape index (κ2) is 5.40. The first kappa shape index (κ1) is 16.1. The monoisotopic (exact) mass is 354 g/mol. The third kappa shape index (κ3) is 2.75. The van der Waals surface area contributed by atoms with Gasteiger partial charge in [-0.05, 0) is 0 Å². The Labute approximate surface area is 130 Å². The standard InChI is InChI=1S/C13H16F2O5S2/c1-22(17,18)12-9-8(6-13(14,15)10(9)16)11(21-12)20-7-2-4-19-5-3-7/h7,10,16H,2-6H2,1H3/t10-/m0/s1. The molecular formula is C13H16F2O5S2. The van der Waals surface area contributed by atoms with Crippen LogP contribution < -0.4 is 4.74 Å². The van der Waals surface area contributed by atoms with Gasteiger partial charge in [0.15, 0.2) is 14.9 Å². The van der Waals surface area contributed by atoms with Crippen LogP contribution in [0, 0.1) is 0 Å². The number of thiophene rings is 1. The van der Waals surface area contributed by atoms with Crippen molar-refractivity contribution < 1.29 is 31.8 Å². The molecule has 0 spiro atoms. The summed E-state index contributed by atoms with van der Waals surface area (Å²) < 4.78 is 61.9. The predicted octanol–water partition coefficient (Wildman–Crippen LogP) is 1.93. The van der Waals surface area contributed by atoms with Crippen molar-refractivity contribution in [2.45, 2.75) is 41.6 Å². The third-order valence-corrected chi connectivity index (χ3v) is 6.83. The predicted molar refractivity (Wildman–Crippen MR) is 75.5 cm³/mol. The molecule has 1 N–H and O–H groups in total. The molecule has 0 bridgehead atoms. The van der Waals surface area contributed by atoms with Crippen LogP contribution in [-0.2, 0) is 21.0 Å². The molecule has 1 saturated heterocycles. The van der Waals surface area contributed by atoms with E-state index in [1.54, 1.807) is 0 Å². The first-order valence-corrected chi connectivity index (χ1v) is 9.57. The molecule has 9 heteroatoms. The Hall–Kier alpha value is -0.770. The van der Waals surface area contributed by atoms with E-state index in [1.807, 2.05) is 0 Å². The van der Waals surface area contributed by atoms with E-state index in [-0.39, 0.29) is 26.5 Å². The van der Waals surface area contributed by atoms with Crippen molar-refractivity contribution >= 4 is 21.2 Å². The maximum atomic E-state index is 13.8. The Balaban J connectivity index is 2.00. The number of aliphatic hydroxyl groups is 1. The van der Waals surface area contributed by atoms with Gasteiger partial charge in [-0.3, -0.25) is 0 Å². The molecule has 0 amide bonds. The van der Waals surface area contributed by atoms with Gasteiger partial charge in [0, 0.05) is 36.6 Å². The number of hydrogen-bond donors (Lipinski definition) is 1. The Morgan fingerprint density at radius 2 is 2.00 bits per heavy atom. The first-order valence-electron chi connectivity index (χ1n) is 6.86. The molecule has 3 rings (SSSR count). The Kier molecular flexibility index (Phi) is 3.95. The van der Waals surface area contributed by atoms with Gasteiger partial charge >= 0.3 is 0 Å². The molecule has 2 aliphatic rings. The van der Waals surface area contributed by atoms with Crippen LogP contribution in [0.3, 0.4) is 0 Å². The number of sulfone groups is 1. The fourth-order valence-corrected chi connectivity index (χ4v) is 5.21. The van der Waals surface area contributed by atoms with Crippen molar-refractivity contribution in [3.63, 3.8) is 0 Å². The van der Waals surface area contributed by atoms with E-state index in [2.05, 4.69) is 0 Å². The van der Waals surface area contributed by atoms with Crippen molar-refractivity contribution in [3.8, 4) is 5.06 Å². The van der Waals surface area contributed by atoms with Crippen LogP contribution in [0.5, 0.6) is 5.06 Å². The highest BCUT2D eigenvalue weighted by Gasteiger charge is 2.52. The minimum Gasteiger partial charge on any atom is -0.480 e. The molecule has 1 aliphatic carbocycles. The van der Waals surface area contributed by atoms with Crippen LogP contribution in [0.25, 0.3) is 0 Å². The van der Waals surface area contributed by atoms with E-state index in [4.69, 9.17) is 9.47 Å². The molecule has 1 aliphatic heterocycles. The van der Waals surface area contributed by atoms with Crippen molar-refractivity contribution in [1.82, 2.24) is 0 Å². The van der Waals surface area contributed by atoms with Crippen LogP contribution in [-0.4, -0.2) is 45.0 Å². The minimum absolute atomic E-state index is 0.120. The molecule has 1 fully saturated rings. The smallest absolute Gasteiger partial charge is 0.281 e. The van der Waals surface area contributed by atoms with Gasteiger partial charge in [0.25, 0.3) is 5.92 Å². The van der Waals surface area contributed by atoms with Crippen molar-refractivity contribution in [2.75, 3.05) is 19.5 Å². The zero-order valence-electron chi connectivity index (χ0n) is 11.8. The largest absolute Gasteiger partial charge is 0.480 e. The number of rotatable bonds is 3. The summed E-state index contributed by atoms with van der Waals surface area (Å²) in [5.41, 5.74) is -0.0750. The van der Waals surface area contributed by atoms with Gasteiger partial charge in [-0.15, -0.1) is 0 Å². The van der Waals surface area contributed by atoms with Crippen molar-refractivity contribution in [3.05, 3.63) is 11.1 Å². The lowest BCUT2D eigenvalue weighted by Crippen LogP contribution is -2.26. The lowest BCUT2D eigenvalue weighted by atomic mass is 10.1. The lowest BCUT2D eigenvalue weighted by molar-refractivity contribution is -0.0976. The maximum Gasteiger partial charge on any atom is 0.281 e. The molecular weight excluding hydrogens is 338 g/mol. The molecule has 124 valence electrons. The number of ether oxygens (including phenoxy) is 2. The number of hydrogen-bond acceptors (Lipinski definition) is 6. The van der Waals surface area contributed by atoms with Crippen LogP contribution in [0.15, 0.2) is 4.21 Å². The van der Waals surface area contributed by atoms with E-state index in [9.17, 15) is 22.3 Å². The summed E-state index contributed by atoms with van der Waals surface area (Å²) in [6, 6.07) is 0. The highest BCUT2D eigenvalue weighted by atomic mass is 32.2. The van der Waals surface area contributed by atoms with Gasteiger partial charge in [-0.2, -0.15) is 0 Å². The Morgan fingerprint density at radius 3 is 2.59 bits per heavy atom. The molecule has 0 unspecified atom stereocenters. The summed E-state index contributed by atoms with van der Waals surface area (Å²) in [5, 5.41) is 9.97. The number of fused-ring (bicyclic) bond motifs is 1. The molecule has 2 heterocycles. The molecule has 5 nitrogen and oxygen atoms in total. The third-order valence-electron chi connectivity index (χ3n) is 3.84. The second-order valence-corrected chi connectivity index (χ2v) is 8.81. The SMILES string of the molecule is CS(=O)(=O)c1sc(OC2CCOCC2)c2c1[C@H](O)C(F)(F)C2. The molecule has 1 aromatic heterocycles. The highest BCUT2D eigenvalue weighted by Crippen LogP contribution is 2.53. The fraction of sp³-hybridized carbons (Fsp3) is 0.692. The summed E-state index contributed by atoms with van der Waals surface area (Å²) in [5.74, 6) is -3.37. The molecule has 0 saturated carbocycles. The van der Waals surface area contributed by atoms with E-state index in [0.717, 1.165) is 17.6 Å². The van der Waals surface area contributed by atoms with Gasteiger partial charge in [0.05, 0.1) is 13.2 Å². The van der Waals surface area contributed by atoms with Crippen LogP contribution in [0.1, 0.15) is 30.1 Å². The highest BCUT2D eigenvalue weighted by molar-refractivity contribution is 7.92. The Bertz CT molecular complexity index is 677. The first-order chi connectivity index (χ1) is 10.2. The second-order valence-electron chi connectivity index (χ2n) is 5.61. The van der Waals surface area contributed by atoms with Gasteiger partial charge in [0.1, 0.15) is 16.4 Å². The van der Waals surface area contributed by atoms with Crippen LogP contribution in [0.4, 0.5) is 8.78 Å². The summed E-state index contributed by atoms with van der Waals surface area (Å²) in [4.78, 5) is 0. The summed E-state index contributed by atoms with van der Waals surface area (Å²) >= 11 is 0.823. The maximum absolute atomic E-state index is 13.8. The average Bonchev–Trinajstić information content (AvgIpc) is 2.87. The molecule has 0 aromatic carbocycles. The lowest BCUT2D eigenvalue weighted by Gasteiger charge is -2.23. The summed E-state index contributed by atoms with van der Waals surface area (Å²) in [6.07, 6.45) is -0.792. The van der Waals surface area contributed by atoms with E-state index in [1.165, 1.54) is 0 Å². The van der Waals surface area contributed by atoms with Gasteiger partial charge in [-0.1, -0.05) is 11.3 Å². The molecule has 1 aromatic rings. The van der Waals surface area contributed by atoms with E-state index in [0.29, 0.717) is 26.1 Å². The van der Waals surface area contributed by atoms with Crippen molar-refractivity contribution in [1.29, 1.82) is 0 Å². The summed E-state index contributed by atoms with van der Waals surface area (Å²) in [7, 11) is -3.71. The number of halogens is 2. The van der Waals surface area contributed by atoms with Crippen LogP contribution >= 0.6 is 11.3 Å². The van der Waals surface area contributed by atoms with Gasteiger partial charge < -0.3 is 14.6 Å². The zero-order chi connectivity index (χ0) is 16.1. The van der Waals surface area contributed by atoms with E-state index >= 15 is 0 Å². The zero-order valence-corrected chi connectivity index (χ0v) is 13.5. The average molecular weight is 354 g/mol. The topological polar surface area (TPSA) is 72.8 Å². The van der Waals surface area contributed by atoms with Crippen LogP contribution in [0.2, 0.25) is 0 Å². The summed E-state index contributed by atoms with van der Waals surface area (Å²) in [6.45, 7) is 1.05. The number of aliphatic hydroxyl groups excluding tert-OH is 1. The molecule has 1 atom stereocenters. The number of alkyl halides is 2. The van der Waals surface area contributed by atoms with Gasteiger partial charge in [0.2, 0.25) is 0 Å². The Morgan fingerprint density at radius 1 is 1.36 bits per heavy atom. The quantitative estimate of drug-likeness (QED) is 0.898. The normalized spacial score (nSPS) is 25.2. The van der Waals surface area contributed by atoms with Gasteiger partial charge in [-0.25, -0.2) is 17.2 Å². The fourth-order valence-electron chi connectivity index (χ4n) is 2.74.